The van der Waals surface area contributed by atoms with E-state index >= 15 is 0 Å². The molecule has 2 heterocycles. The van der Waals surface area contributed by atoms with Crippen LogP contribution in [0.15, 0.2) is 30.3 Å². The average molecular weight is 393 g/mol. The molecule has 1 amide bonds. The number of rotatable bonds is 5. The van der Waals surface area contributed by atoms with Crippen LogP contribution in [0.3, 0.4) is 0 Å². The molecule has 0 aromatic heterocycles. The zero-order valence-corrected chi connectivity index (χ0v) is 16.6. The van der Waals surface area contributed by atoms with Gasteiger partial charge in [0.25, 0.3) is 0 Å². The molecule has 2 saturated heterocycles. The molecule has 0 bridgehead atoms. The van der Waals surface area contributed by atoms with Gasteiger partial charge in [0.1, 0.15) is 0 Å². The smallest absolute Gasteiger partial charge is 0.225 e. The van der Waals surface area contributed by atoms with Gasteiger partial charge in [0.2, 0.25) is 15.9 Å². The number of sulfonamides is 1. The lowest BCUT2D eigenvalue weighted by Gasteiger charge is -2.69. The topological polar surface area (TPSA) is 77.9 Å². The number of hydrogen-bond acceptors (Lipinski definition) is 4. The second-order valence-corrected chi connectivity index (χ2v) is 10.2. The Morgan fingerprint density at radius 2 is 1.81 bits per heavy atom. The first-order valence-electron chi connectivity index (χ1n) is 9.91. The van der Waals surface area contributed by atoms with Crippen molar-refractivity contribution in [2.45, 2.75) is 50.1 Å². The van der Waals surface area contributed by atoms with E-state index in [9.17, 15) is 18.3 Å². The van der Waals surface area contributed by atoms with Gasteiger partial charge in [-0.3, -0.25) is 4.79 Å². The molecule has 3 aliphatic rings. The number of amides is 1. The monoisotopic (exact) mass is 392 g/mol. The van der Waals surface area contributed by atoms with Gasteiger partial charge in [0, 0.05) is 24.9 Å². The van der Waals surface area contributed by atoms with E-state index in [2.05, 4.69) is 0 Å². The van der Waals surface area contributed by atoms with Gasteiger partial charge in [-0.1, -0.05) is 43.2 Å². The maximum atomic E-state index is 12.8. The van der Waals surface area contributed by atoms with Crippen molar-refractivity contribution < 1.29 is 18.3 Å². The standard InChI is InChI=1S/C20H28N2O4S/c1-2-27(25,26)22-17(12-23)18(15-8-4-3-5-9-15)20(22)13-21(14-20)19(24)16-10-6-7-11-16/h3-5,8-9,16-18,23H,2,6-7,10-14H2,1H3/t17-,18-/m1/s1. The van der Waals surface area contributed by atoms with Crippen molar-refractivity contribution in [2.24, 2.45) is 5.92 Å². The molecule has 148 valence electrons. The van der Waals surface area contributed by atoms with Gasteiger partial charge in [0.05, 0.1) is 23.9 Å². The minimum absolute atomic E-state index is 0.00330. The van der Waals surface area contributed by atoms with E-state index in [-0.39, 0.29) is 30.1 Å². The summed E-state index contributed by atoms with van der Waals surface area (Å²) in [5, 5.41) is 9.96. The molecule has 1 aromatic rings. The van der Waals surface area contributed by atoms with Gasteiger partial charge in [-0.05, 0) is 25.3 Å². The predicted molar refractivity (Wildman–Crippen MR) is 103 cm³/mol. The molecule has 1 saturated carbocycles. The van der Waals surface area contributed by atoms with E-state index in [1.54, 1.807) is 6.92 Å². The SMILES string of the molecule is CCS(=O)(=O)N1[C@H](CO)[C@@H](c2ccccc2)C12CN(C(=O)C1CCCC1)C2. The highest BCUT2D eigenvalue weighted by atomic mass is 32.2. The van der Waals surface area contributed by atoms with Crippen LogP contribution < -0.4 is 0 Å². The van der Waals surface area contributed by atoms with Crippen LogP contribution in [0.1, 0.15) is 44.1 Å². The highest BCUT2D eigenvalue weighted by Crippen LogP contribution is 2.55. The first-order chi connectivity index (χ1) is 12.9. The fourth-order valence-electron chi connectivity index (χ4n) is 5.41. The normalized spacial score (nSPS) is 28.1. The van der Waals surface area contributed by atoms with Crippen molar-refractivity contribution in [1.29, 1.82) is 0 Å². The molecule has 3 fully saturated rings. The third kappa shape index (κ3) is 2.82. The zero-order valence-electron chi connectivity index (χ0n) is 15.8. The van der Waals surface area contributed by atoms with Crippen molar-refractivity contribution >= 4 is 15.9 Å². The molecule has 1 spiro atoms. The van der Waals surface area contributed by atoms with Crippen molar-refractivity contribution in [3.8, 4) is 0 Å². The van der Waals surface area contributed by atoms with Crippen LogP contribution in [0.2, 0.25) is 0 Å². The number of hydrogen-bond donors (Lipinski definition) is 1. The third-order valence-electron chi connectivity index (χ3n) is 6.66. The van der Waals surface area contributed by atoms with E-state index in [0.717, 1.165) is 31.2 Å². The van der Waals surface area contributed by atoms with Crippen molar-refractivity contribution in [3.63, 3.8) is 0 Å². The lowest BCUT2D eigenvalue weighted by Crippen LogP contribution is -2.86. The molecule has 27 heavy (non-hydrogen) atoms. The van der Waals surface area contributed by atoms with Crippen LogP contribution in [0, 0.1) is 5.92 Å². The highest BCUT2D eigenvalue weighted by molar-refractivity contribution is 7.89. The fourth-order valence-corrected chi connectivity index (χ4v) is 7.07. The summed E-state index contributed by atoms with van der Waals surface area (Å²) in [5.41, 5.74) is 0.421. The molecule has 7 heteroatoms. The predicted octanol–water partition coefficient (Wildman–Crippen LogP) is 1.57. The fraction of sp³-hybridized carbons (Fsp3) is 0.650. The number of nitrogens with zero attached hydrogens (tertiary/aromatic N) is 2. The highest BCUT2D eigenvalue weighted by Gasteiger charge is 2.70. The Morgan fingerprint density at radius 3 is 2.37 bits per heavy atom. The molecule has 1 aliphatic carbocycles. The number of aliphatic hydroxyl groups excluding tert-OH is 1. The summed E-state index contributed by atoms with van der Waals surface area (Å²) in [5.74, 6) is 0.190. The Morgan fingerprint density at radius 1 is 1.19 bits per heavy atom. The summed E-state index contributed by atoms with van der Waals surface area (Å²) in [4.78, 5) is 14.6. The van der Waals surface area contributed by atoms with Gasteiger partial charge in [0.15, 0.2) is 0 Å². The lowest BCUT2D eigenvalue weighted by atomic mass is 9.62. The molecule has 2 aliphatic heterocycles. The molecule has 2 atom stereocenters. The maximum Gasteiger partial charge on any atom is 0.225 e. The van der Waals surface area contributed by atoms with Gasteiger partial charge >= 0.3 is 0 Å². The number of likely N-dealkylation sites (tertiary alicyclic amines) is 1. The van der Waals surface area contributed by atoms with Crippen LogP contribution in [0.25, 0.3) is 0 Å². The molecule has 1 aromatic carbocycles. The second kappa shape index (κ2) is 6.87. The third-order valence-corrected chi connectivity index (χ3v) is 8.62. The summed E-state index contributed by atoms with van der Waals surface area (Å²) in [6, 6.07) is 9.34. The summed E-state index contributed by atoms with van der Waals surface area (Å²) >= 11 is 0. The minimum atomic E-state index is -3.46. The van der Waals surface area contributed by atoms with Crippen LogP contribution in [-0.2, 0) is 14.8 Å². The number of carbonyl (C=O) groups excluding carboxylic acids is 1. The molecule has 0 radical (unpaired) electrons. The zero-order chi connectivity index (χ0) is 19.2. The Hall–Kier alpha value is -1.44. The molecular weight excluding hydrogens is 364 g/mol. The average Bonchev–Trinajstić information content (AvgIpc) is 3.15. The van der Waals surface area contributed by atoms with E-state index in [0.29, 0.717) is 13.1 Å². The maximum absolute atomic E-state index is 12.8. The molecular formula is C20H28N2O4S. The Bertz CT molecular complexity index is 799. The summed E-state index contributed by atoms with van der Waals surface area (Å²) < 4.78 is 27.1. The quantitative estimate of drug-likeness (QED) is 0.825. The Kier molecular flexibility index (Phi) is 4.81. The molecule has 4 rings (SSSR count). The summed E-state index contributed by atoms with van der Waals surface area (Å²) in [6.45, 7) is 2.28. The number of benzene rings is 1. The van der Waals surface area contributed by atoms with E-state index in [1.165, 1.54) is 4.31 Å². The van der Waals surface area contributed by atoms with E-state index in [1.807, 2.05) is 35.2 Å². The lowest BCUT2D eigenvalue weighted by molar-refractivity contribution is -0.170. The van der Waals surface area contributed by atoms with Gasteiger partial charge in [-0.15, -0.1) is 0 Å². The molecule has 1 N–H and O–H groups in total. The van der Waals surface area contributed by atoms with E-state index in [4.69, 9.17) is 0 Å². The van der Waals surface area contributed by atoms with Gasteiger partial charge < -0.3 is 10.0 Å². The first kappa shape index (κ1) is 18.9. The molecule has 6 nitrogen and oxygen atoms in total. The number of aliphatic hydroxyl groups is 1. The molecule has 0 unspecified atom stereocenters. The van der Waals surface area contributed by atoms with Gasteiger partial charge in [-0.2, -0.15) is 4.31 Å². The first-order valence-corrected chi connectivity index (χ1v) is 11.5. The Labute approximate surface area is 161 Å². The number of carbonyl (C=O) groups is 1. The second-order valence-electron chi connectivity index (χ2n) is 8.11. The van der Waals surface area contributed by atoms with Crippen LogP contribution in [-0.4, -0.2) is 65.7 Å². The summed E-state index contributed by atoms with van der Waals surface area (Å²) in [7, 11) is -3.46. The van der Waals surface area contributed by atoms with Crippen molar-refractivity contribution in [2.75, 3.05) is 25.4 Å². The van der Waals surface area contributed by atoms with Crippen LogP contribution in [0.5, 0.6) is 0 Å². The van der Waals surface area contributed by atoms with Crippen molar-refractivity contribution in [1.82, 2.24) is 9.21 Å². The van der Waals surface area contributed by atoms with Crippen LogP contribution >= 0.6 is 0 Å². The minimum Gasteiger partial charge on any atom is -0.395 e. The van der Waals surface area contributed by atoms with E-state index < -0.39 is 21.6 Å². The largest absolute Gasteiger partial charge is 0.395 e. The van der Waals surface area contributed by atoms with Gasteiger partial charge in [-0.25, -0.2) is 8.42 Å². The Balaban J connectivity index is 1.63. The van der Waals surface area contributed by atoms with Crippen molar-refractivity contribution in [3.05, 3.63) is 35.9 Å². The van der Waals surface area contributed by atoms with Crippen LogP contribution in [0.4, 0.5) is 0 Å². The summed E-state index contributed by atoms with van der Waals surface area (Å²) in [6.07, 6.45) is 4.09.